The van der Waals surface area contributed by atoms with Gasteiger partial charge in [0, 0.05) is 34.7 Å². The topological polar surface area (TPSA) is 46.9 Å². The summed E-state index contributed by atoms with van der Waals surface area (Å²) >= 11 is 7.67. The average Bonchev–Trinajstić information content (AvgIpc) is 2.76. The van der Waals surface area contributed by atoms with Crippen molar-refractivity contribution >= 4 is 34.5 Å². The third kappa shape index (κ3) is 3.43. The van der Waals surface area contributed by atoms with E-state index in [-0.39, 0.29) is 5.91 Å². The van der Waals surface area contributed by atoms with Crippen molar-refractivity contribution in [2.75, 3.05) is 0 Å². The molecule has 0 saturated heterocycles. The number of aromatic nitrogens is 2. The van der Waals surface area contributed by atoms with E-state index in [2.05, 4.69) is 39.0 Å². The van der Waals surface area contributed by atoms with Crippen LogP contribution in [-0.2, 0) is 20.0 Å². The lowest BCUT2D eigenvalue weighted by atomic mass is 10.2. The largest absolute Gasteiger partial charge is 0.348 e. The first-order chi connectivity index (χ1) is 9.51. The van der Waals surface area contributed by atoms with Crippen LogP contribution >= 0.6 is 28.6 Å². The second kappa shape index (κ2) is 6.45. The van der Waals surface area contributed by atoms with Crippen molar-refractivity contribution in [3.05, 3.63) is 45.7 Å². The summed E-state index contributed by atoms with van der Waals surface area (Å²) in [6, 6.07) is 5.39. The molecule has 0 spiro atoms. The predicted molar refractivity (Wildman–Crippen MR) is 85.2 cm³/mol. The maximum Gasteiger partial charge on any atom is 0.252 e. The Morgan fingerprint density at radius 3 is 2.90 bits per heavy atom. The van der Waals surface area contributed by atoms with Gasteiger partial charge in [-0.05, 0) is 24.6 Å². The molecule has 2 rings (SSSR count). The van der Waals surface area contributed by atoms with Crippen molar-refractivity contribution in [3.8, 4) is 0 Å². The number of carbonyl (C=O) groups excluding carboxylic acids is 1. The Hall–Kier alpha value is -1.27. The second-order valence-electron chi connectivity index (χ2n) is 4.47. The molecule has 1 aromatic carbocycles. The first-order valence-electron chi connectivity index (χ1n) is 6.29. The van der Waals surface area contributed by atoms with Gasteiger partial charge < -0.3 is 5.32 Å². The zero-order chi connectivity index (χ0) is 14.7. The van der Waals surface area contributed by atoms with Crippen LogP contribution in [0, 0.1) is 0 Å². The van der Waals surface area contributed by atoms with E-state index in [1.54, 1.807) is 16.8 Å². The van der Waals surface area contributed by atoms with E-state index in [1.165, 1.54) is 0 Å². The minimum Gasteiger partial charge on any atom is -0.348 e. The van der Waals surface area contributed by atoms with Gasteiger partial charge in [-0.15, -0.1) is 12.6 Å². The van der Waals surface area contributed by atoms with Crippen LogP contribution in [0.2, 0.25) is 0 Å². The smallest absolute Gasteiger partial charge is 0.252 e. The van der Waals surface area contributed by atoms with Gasteiger partial charge in [-0.25, -0.2) is 0 Å². The van der Waals surface area contributed by atoms with E-state index >= 15 is 0 Å². The lowest BCUT2D eigenvalue weighted by Gasteiger charge is -2.07. The molecule has 0 unspecified atom stereocenters. The first kappa shape index (κ1) is 15.1. The van der Waals surface area contributed by atoms with Gasteiger partial charge in [-0.1, -0.05) is 22.9 Å². The van der Waals surface area contributed by atoms with Crippen LogP contribution in [0.4, 0.5) is 0 Å². The highest BCUT2D eigenvalue weighted by atomic mass is 79.9. The fraction of sp³-hybridized carbons (Fsp3) is 0.286. The molecule has 20 heavy (non-hydrogen) atoms. The minimum atomic E-state index is -0.131. The van der Waals surface area contributed by atoms with Crippen LogP contribution in [0.5, 0.6) is 0 Å². The van der Waals surface area contributed by atoms with Gasteiger partial charge in [0.25, 0.3) is 5.91 Å². The quantitative estimate of drug-likeness (QED) is 0.830. The number of thiol groups is 1. The van der Waals surface area contributed by atoms with E-state index < -0.39 is 0 Å². The second-order valence-corrected chi connectivity index (χ2v) is 5.87. The van der Waals surface area contributed by atoms with E-state index in [4.69, 9.17) is 0 Å². The van der Waals surface area contributed by atoms with Crippen molar-refractivity contribution in [2.45, 2.75) is 24.8 Å². The number of nitrogens with one attached hydrogen (secondary N) is 1. The molecule has 1 aromatic heterocycles. The number of amides is 1. The van der Waals surface area contributed by atoms with Crippen LogP contribution in [0.15, 0.2) is 33.8 Å². The molecule has 1 N–H and O–H groups in total. The van der Waals surface area contributed by atoms with Gasteiger partial charge in [0.05, 0.1) is 11.3 Å². The lowest BCUT2D eigenvalue weighted by Crippen LogP contribution is -2.23. The lowest BCUT2D eigenvalue weighted by molar-refractivity contribution is 0.0948. The van der Waals surface area contributed by atoms with Gasteiger partial charge in [-0.3, -0.25) is 9.48 Å². The van der Waals surface area contributed by atoms with Crippen molar-refractivity contribution < 1.29 is 4.79 Å². The Morgan fingerprint density at radius 1 is 1.50 bits per heavy atom. The van der Waals surface area contributed by atoms with Crippen LogP contribution in [0.25, 0.3) is 0 Å². The SMILES string of the molecule is CCc1nn(C)cc1CNC(=O)c1ccc(Br)cc1S. The summed E-state index contributed by atoms with van der Waals surface area (Å²) in [5, 5.41) is 7.26. The van der Waals surface area contributed by atoms with Crippen LogP contribution in [-0.4, -0.2) is 15.7 Å². The van der Waals surface area contributed by atoms with Crippen molar-refractivity contribution in [1.29, 1.82) is 0 Å². The maximum absolute atomic E-state index is 12.2. The van der Waals surface area contributed by atoms with Crippen LogP contribution < -0.4 is 5.32 Å². The summed E-state index contributed by atoms with van der Waals surface area (Å²) in [6.07, 6.45) is 2.78. The average molecular weight is 354 g/mol. The summed E-state index contributed by atoms with van der Waals surface area (Å²) < 4.78 is 2.67. The Morgan fingerprint density at radius 2 is 2.25 bits per heavy atom. The van der Waals surface area contributed by atoms with Crippen molar-refractivity contribution in [3.63, 3.8) is 0 Å². The third-order valence-corrected chi connectivity index (χ3v) is 3.83. The van der Waals surface area contributed by atoms with Gasteiger partial charge >= 0.3 is 0 Å². The van der Waals surface area contributed by atoms with Gasteiger partial charge in [0.2, 0.25) is 0 Å². The predicted octanol–water partition coefficient (Wildman–Crippen LogP) is 2.96. The molecule has 1 amide bonds. The van der Waals surface area contributed by atoms with Gasteiger partial charge in [0.1, 0.15) is 0 Å². The molecule has 4 nitrogen and oxygen atoms in total. The Bertz CT molecular complexity index is 639. The Balaban J connectivity index is 2.08. The van der Waals surface area contributed by atoms with E-state index in [9.17, 15) is 4.79 Å². The summed E-state index contributed by atoms with van der Waals surface area (Å²) in [4.78, 5) is 12.8. The fourth-order valence-electron chi connectivity index (χ4n) is 2.00. The number of nitrogens with zero attached hydrogens (tertiary/aromatic N) is 2. The highest BCUT2D eigenvalue weighted by molar-refractivity contribution is 9.10. The number of hydrogen-bond acceptors (Lipinski definition) is 3. The van der Waals surface area contributed by atoms with Gasteiger partial charge in [0.15, 0.2) is 0 Å². The molecule has 106 valence electrons. The molecular formula is C14H16BrN3OS. The summed E-state index contributed by atoms with van der Waals surface area (Å²) in [6.45, 7) is 2.52. The molecule has 6 heteroatoms. The minimum absolute atomic E-state index is 0.131. The molecule has 0 saturated carbocycles. The summed E-state index contributed by atoms with van der Waals surface area (Å²) in [7, 11) is 1.88. The molecule has 0 atom stereocenters. The molecule has 0 aliphatic heterocycles. The van der Waals surface area contributed by atoms with Crippen molar-refractivity contribution in [1.82, 2.24) is 15.1 Å². The highest BCUT2D eigenvalue weighted by Gasteiger charge is 2.11. The normalized spacial score (nSPS) is 10.6. The number of rotatable bonds is 4. The Labute approximate surface area is 132 Å². The number of benzene rings is 1. The van der Waals surface area contributed by atoms with E-state index in [1.807, 2.05) is 26.2 Å². The Kier molecular flexibility index (Phi) is 4.88. The maximum atomic E-state index is 12.2. The van der Waals surface area contributed by atoms with Crippen molar-refractivity contribution in [2.24, 2.45) is 7.05 Å². The van der Waals surface area contributed by atoms with E-state index in [0.717, 1.165) is 22.2 Å². The molecule has 0 aliphatic rings. The van der Waals surface area contributed by atoms with E-state index in [0.29, 0.717) is 17.0 Å². The zero-order valence-corrected chi connectivity index (χ0v) is 13.8. The first-order valence-corrected chi connectivity index (χ1v) is 7.53. The molecule has 2 aromatic rings. The molecule has 0 aliphatic carbocycles. The third-order valence-electron chi connectivity index (χ3n) is 2.97. The molecular weight excluding hydrogens is 338 g/mol. The monoisotopic (exact) mass is 353 g/mol. The molecule has 1 heterocycles. The fourth-order valence-corrected chi connectivity index (χ4v) is 2.85. The van der Waals surface area contributed by atoms with Gasteiger partial charge in [-0.2, -0.15) is 5.10 Å². The highest BCUT2D eigenvalue weighted by Crippen LogP contribution is 2.20. The number of carbonyl (C=O) groups is 1. The summed E-state index contributed by atoms with van der Waals surface area (Å²) in [5.74, 6) is -0.131. The molecule has 0 bridgehead atoms. The number of halogens is 1. The number of hydrogen-bond donors (Lipinski definition) is 2. The molecule has 0 radical (unpaired) electrons. The van der Waals surface area contributed by atoms with Crippen LogP contribution in [0.3, 0.4) is 0 Å². The zero-order valence-electron chi connectivity index (χ0n) is 11.4. The molecule has 0 fully saturated rings. The standard InChI is InChI=1S/C14H16BrN3OS/c1-3-12-9(8-18(2)17-12)7-16-14(19)11-5-4-10(15)6-13(11)20/h4-6,8,20H,3,7H2,1-2H3,(H,16,19). The van der Waals surface area contributed by atoms with Crippen LogP contribution in [0.1, 0.15) is 28.5 Å². The summed E-state index contributed by atoms with van der Waals surface area (Å²) in [5.41, 5.74) is 2.62. The number of aryl methyl sites for hydroxylation is 2.